The quantitative estimate of drug-likeness (QED) is 0.867. The Morgan fingerprint density at radius 1 is 1.47 bits per heavy atom. The Morgan fingerprint density at radius 3 is 2.59 bits per heavy atom. The number of benzene rings is 1. The van der Waals surface area contributed by atoms with Crippen LogP contribution in [-0.2, 0) is 16.8 Å². The molecule has 90 valence electrons. The van der Waals surface area contributed by atoms with E-state index in [4.69, 9.17) is 5.26 Å². The van der Waals surface area contributed by atoms with E-state index in [1.54, 1.807) is 0 Å². The van der Waals surface area contributed by atoms with Crippen molar-refractivity contribution in [3.63, 3.8) is 0 Å². The minimum Gasteiger partial charge on any atom is -0.352 e. The third-order valence-corrected chi connectivity index (χ3v) is 2.87. The summed E-state index contributed by atoms with van der Waals surface area (Å²) < 4.78 is 0. The first-order chi connectivity index (χ1) is 7.86. The van der Waals surface area contributed by atoms with Crippen molar-refractivity contribution in [2.45, 2.75) is 39.7 Å². The molecular formula is C14H18N2O. The fourth-order valence-electron chi connectivity index (χ4n) is 1.57. The Bertz CT molecular complexity index is 470. The Kier molecular flexibility index (Phi) is 3.90. The Labute approximate surface area is 102 Å². The highest BCUT2D eigenvalue weighted by molar-refractivity contribution is 5.72. The average molecular weight is 230 g/mol. The fourth-order valence-corrected chi connectivity index (χ4v) is 1.57. The topological polar surface area (TPSA) is 52.9 Å². The van der Waals surface area contributed by atoms with Crippen LogP contribution in [0, 0.1) is 18.3 Å². The van der Waals surface area contributed by atoms with Crippen molar-refractivity contribution in [3.05, 3.63) is 34.9 Å². The van der Waals surface area contributed by atoms with Crippen molar-refractivity contribution in [3.8, 4) is 6.07 Å². The van der Waals surface area contributed by atoms with Crippen LogP contribution in [0.15, 0.2) is 18.2 Å². The van der Waals surface area contributed by atoms with Crippen LogP contribution < -0.4 is 5.32 Å². The summed E-state index contributed by atoms with van der Waals surface area (Å²) >= 11 is 0. The number of hydrogen-bond acceptors (Lipinski definition) is 2. The molecule has 1 rings (SSSR count). The number of hydrogen-bond donors (Lipinski definition) is 1. The van der Waals surface area contributed by atoms with Crippen LogP contribution in [0.25, 0.3) is 0 Å². The third-order valence-electron chi connectivity index (χ3n) is 2.87. The molecule has 0 fully saturated rings. The predicted octanol–water partition coefficient (Wildman–Crippen LogP) is 2.43. The van der Waals surface area contributed by atoms with E-state index in [0.29, 0.717) is 6.54 Å². The van der Waals surface area contributed by atoms with Crippen LogP contribution >= 0.6 is 0 Å². The summed E-state index contributed by atoms with van der Waals surface area (Å²) in [5.41, 5.74) is 2.71. The molecule has 0 bridgehead atoms. The lowest BCUT2D eigenvalue weighted by atomic mass is 9.85. The maximum absolute atomic E-state index is 10.8. The normalized spacial score (nSPS) is 10.8. The summed E-state index contributed by atoms with van der Waals surface area (Å²) in [5.74, 6) is -0.0363. The van der Waals surface area contributed by atoms with Crippen molar-refractivity contribution in [1.29, 1.82) is 5.26 Å². The molecule has 0 saturated heterocycles. The molecule has 0 atom stereocenters. The number of amides is 1. The zero-order valence-corrected chi connectivity index (χ0v) is 10.8. The van der Waals surface area contributed by atoms with Gasteiger partial charge >= 0.3 is 0 Å². The van der Waals surface area contributed by atoms with Crippen molar-refractivity contribution in [1.82, 2.24) is 5.32 Å². The van der Waals surface area contributed by atoms with E-state index in [2.05, 4.69) is 11.4 Å². The number of carbonyl (C=O) groups excluding carboxylic acids is 1. The molecule has 0 spiro atoms. The fraction of sp³-hybridized carbons (Fsp3) is 0.429. The number of nitriles is 1. The molecule has 1 aromatic carbocycles. The summed E-state index contributed by atoms with van der Waals surface area (Å²) in [6.45, 7) is 7.83. The van der Waals surface area contributed by atoms with Gasteiger partial charge in [0, 0.05) is 13.5 Å². The zero-order chi connectivity index (χ0) is 13.1. The molecular weight excluding hydrogens is 212 g/mol. The maximum atomic E-state index is 10.8. The van der Waals surface area contributed by atoms with E-state index in [1.165, 1.54) is 6.92 Å². The lowest BCUT2D eigenvalue weighted by Crippen LogP contribution is -2.20. The van der Waals surface area contributed by atoms with Gasteiger partial charge in [0.25, 0.3) is 0 Å². The summed E-state index contributed by atoms with van der Waals surface area (Å²) in [7, 11) is 0. The highest BCUT2D eigenvalue weighted by atomic mass is 16.1. The Morgan fingerprint density at radius 2 is 2.12 bits per heavy atom. The van der Waals surface area contributed by atoms with Crippen LogP contribution in [0.3, 0.4) is 0 Å². The van der Waals surface area contributed by atoms with Crippen molar-refractivity contribution in [2.75, 3.05) is 0 Å². The van der Waals surface area contributed by atoms with Crippen LogP contribution in [0.5, 0.6) is 0 Å². The maximum Gasteiger partial charge on any atom is 0.217 e. The summed E-state index contributed by atoms with van der Waals surface area (Å²) in [6, 6.07) is 8.22. The molecule has 0 aliphatic heterocycles. The van der Waals surface area contributed by atoms with E-state index in [-0.39, 0.29) is 5.91 Å². The van der Waals surface area contributed by atoms with E-state index < -0.39 is 5.41 Å². The molecule has 17 heavy (non-hydrogen) atoms. The first-order valence-electron chi connectivity index (χ1n) is 5.62. The number of nitrogens with one attached hydrogen (secondary N) is 1. The van der Waals surface area contributed by atoms with Crippen molar-refractivity contribution in [2.24, 2.45) is 0 Å². The number of aryl methyl sites for hydroxylation is 1. The Balaban J connectivity index is 2.95. The van der Waals surface area contributed by atoms with Crippen molar-refractivity contribution < 1.29 is 4.79 Å². The summed E-state index contributed by atoms with van der Waals surface area (Å²) in [6.07, 6.45) is 0. The van der Waals surface area contributed by atoms with E-state index in [0.717, 1.165) is 16.7 Å². The van der Waals surface area contributed by atoms with E-state index >= 15 is 0 Å². The molecule has 0 aliphatic carbocycles. The van der Waals surface area contributed by atoms with Crippen LogP contribution in [0.4, 0.5) is 0 Å². The predicted molar refractivity (Wildman–Crippen MR) is 67.3 cm³/mol. The van der Waals surface area contributed by atoms with Gasteiger partial charge in [-0.15, -0.1) is 0 Å². The number of rotatable bonds is 3. The lowest BCUT2D eigenvalue weighted by Gasteiger charge is -2.17. The molecule has 0 aliphatic rings. The van der Waals surface area contributed by atoms with Gasteiger partial charge in [0.2, 0.25) is 5.91 Å². The van der Waals surface area contributed by atoms with Crippen LogP contribution in [-0.4, -0.2) is 5.91 Å². The van der Waals surface area contributed by atoms with Gasteiger partial charge in [0.1, 0.15) is 0 Å². The van der Waals surface area contributed by atoms with Crippen molar-refractivity contribution >= 4 is 5.91 Å². The highest BCUT2D eigenvalue weighted by Crippen LogP contribution is 2.24. The second-order valence-electron chi connectivity index (χ2n) is 4.79. The van der Waals surface area contributed by atoms with Crippen LogP contribution in [0.2, 0.25) is 0 Å². The molecule has 0 radical (unpaired) electrons. The van der Waals surface area contributed by atoms with Crippen LogP contribution in [0.1, 0.15) is 37.5 Å². The molecule has 1 N–H and O–H groups in total. The summed E-state index contributed by atoms with van der Waals surface area (Å²) in [5, 5.41) is 11.8. The van der Waals surface area contributed by atoms with Gasteiger partial charge < -0.3 is 5.32 Å². The van der Waals surface area contributed by atoms with Gasteiger partial charge in [-0.25, -0.2) is 0 Å². The second kappa shape index (κ2) is 5.01. The molecule has 0 heterocycles. The highest BCUT2D eigenvalue weighted by Gasteiger charge is 2.19. The smallest absolute Gasteiger partial charge is 0.217 e. The lowest BCUT2D eigenvalue weighted by molar-refractivity contribution is -0.119. The first kappa shape index (κ1) is 13.2. The molecule has 0 unspecified atom stereocenters. The van der Waals surface area contributed by atoms with Gasteiger partial charge in [-0.2, -0.15) is 5.26 Å². The minimum atomic E-state index is -0.475. The van der Waals surface area contributed by atoms with Gasteiger partial charge in [-0.05, 0) is 37.5 Å². The van der Waals surface area contributed by atoms with Gasteiger partial charge in [-0.1, -0.05) is 18.2 Å². The Hall–Kier alpha value is -1.82. The summed E-state index contributed by atoms with van der Waals surface area (Å²) in [4.78, 5) is 10.8. The van der Waals surface area contributed by atoms with Gasteiger partial charge in [0.15, 0.2) is 0 Å². The molecule has 3 heteroatoms. The third kappa shape index (κ3) is 3.32. The standard InChI is InChI=1S/C14H18N2O/c1-10-7-13(14(3,4)9-15)6-5-12(10)8-16-11(2)17/h5-7H,8H2,1-4H3,(H,16,17). The largest absolute Gasteiger partial charge is 0.352 e. The zero-order valence-electron chi connectivity index (χ0n) is 10.8. The van der Waals surface area contributed by atoms with Gasteiger partial charge in [0.05, 0.1) is 11.5 Å². The number of carbonyl (C=O) groups is 1. The monoisotopic (exact) mass is 230 g/mol. The second-order valence-corrected chi connectivity index (χ2v) is 4.79. The first-order valence-corrected chi connectivity index (χ1v) is 5.62. The molecule has 0 saturated carbocycles. The SMILES string of the molecule is CC(=O)NCc1ccc(C(C)(C)C#N)cc1C. The van der Waals surface area contributed by atoms with Gasteiger partial charge in [-0.3, -0.25) is 4.79 Å². The molecule has 1 aromatic rings. The minimum absolute atomic E-state index is 0.0363. The molecule has 3 nitrogen and oxygen atoms in total. The van der Waals surface area contributed by atoms with E-state index in [1.807, 2.05) is 39.0 Å². The number of nitrogens with zero attached hydrogens (tertiary/aromatic N) is 1. The molecule has 1 amide bonds. The average Bonchev–Trinajstić information content (AvgIpc) is 2.27. The van der Waals surface area contributed by atoms with E-state index in [9.17, 15) is 4.79 Å². The molecule has 0 aromatic heterocycles.